The highest BCUT2D eigenvalue weighted by Gasteiger charge is 2.19. The van der Waals surface area contributed by atoms with Crippen LogP contribution < -0.4 is 0 Å². The summed E-state index contributed by atoms with van der Waals surface area (Å²) in [6.45, 7) is 10.8. The zero-order chi connectivity index (χ0) is 39.3. The lowest BCUT2D eigenvalue weighted by atomic mass is 9.98. The fourth-order valence-electron chi connectivity index (χ4n) is 9.10. The predicted octanol–water partition coefficient (Wildman–Crippen LogP) is 15.3. The molecule has 3 heteroatoms. The number of allylic oxidation sites excluding steroid dienone is 10. The van der Waals surface area contributed by atoms with Gasteiger partial charge in [0.1, 0.15) is 0 Å². The van der Waals surface area contributed by atoms with Gasteiger partial charge in [0.2, 0.25) is 0 Å². The topological polar surface area (TPSA) is 14.8 Å². The molecule has 3 heterocycles. The molecule has 10 rings (SSSR count). The third kappa shape index (κ3) is 5.73. The maximum Gasteiger partial charge on any atom is 0.0541 e. The van der Waals surface area contributed by atoms with Gasteiger partial charge in [-0.05, 0) is 146 Å². The molecule has 0 bridgehead atoms. The minimum atomic E-state index is 0.937. The Balaban J connectivity index is 1.14. The van der Waals surface area contributed by atoms with Crippen molar-refractivity contribution < 1.29 is 0 Å². The number of benzene rings is 6. The van der Waals surface area contributed by atoms with Crippen LogP contribution in [0.3, 0.4) is 0 Å². The molecule has 0 aliphatic heterocycles. The van der Waals surface area contributed by atoms with Crippen molar-refractivity contribution >= 4 is 72.0 Å². The molecule has 1 aliphatic carbocycles. The van der Waals surface area contributed by atoms with Gasteiger partial charge in [0, 0.05) is 49.7 Å². The van der Waals surface area contributed by atoms with E-state index >= 15 is 0 Å². The highest BCUT2D eigenvalue weighted by atomic mass is 15.0. The number of nitrogens with zero attached hydrogens (tertiary/aromatic N) is 3. The van der Waals surface area contributed by atoms with Crippen molar-refractivity contribution in [1.82, 2.24) is 13.7 Å². The van der Waals surface area contributed by atoms with Crippen LogP contribution in [0.25, 0.3) is 99.9 Å². The second kappa shape index (κ2) is 14.4. The van der Waals surface area contributed by atoms with Crippen LogP contribution in [0, 0.1) is 6.92 Å². The van der Waals surface area contributed by atoms with E-state index in [1.54, 1.807) is 0 Å². The van der Waals surface area contributed by atoms with Crippen LogP contribution in [0.15, 0.2) is 183 Å². The van der Waals surface area contributed by atoms with E-state index in [1.807, 2.05) is 19.1 Å². The van der Waals surface area contributed by atoms with Gasteiger partial charge in [0.15, 0.2) is 0 Å². The Morgan fingerprint density at radius 1 is 0.552 bits per heavy atom. The third-order valence-electron chi connectivity index (χ3n) is 11.8. The fraction of sp³-hybridized carbons (Fsp3) is 0.0909. The van der Waals surface area contributed by atoms with E-state index in [0.29, 0.717) is 0 Å². The molecule has 0 saturated carbocycles. The Kier molecular flexibility index (Phi) is 8.79. The molecule has 280 valence electrons. The van der Waals surface area contributed by atoms with E-state index in [-0.39, 0.29) is 0 Å². The second-order valence-electron chi connectivity index (χ2n) is 15.3. The first-order chi connectivity index (χ1) is 28.5. The molecule has 3 nitrogen and oxygen atoms in total. The summed E-state index contributed by atoms with van der Waals surface area (Å²) in [4.78, 5) is 0. The Morgan fingerprint density at radius 3 is 1.74 bits per heavy atom. The maximum atomic E-state index is 4.45. The Morgan fingerprint density at radius 2 is 1.12 bits per heavy atom. The van der Waals surface area contributed by atoms with Gasteiger partial charge in [-0.25, -0.2) is 0 Å². The summed E-state index contributed by atoms with van der Waals surface area (Å²) in [5.74, 6) is 0. The molecule has 0 amide bonds. The molecule has 0 radical (unpaired) electrons. The zero-order valence-electron chi connectivity index (χ0n) is 33.3. The van der Waals surface area contributed by atoms with E-state index in [1.165, 1.54) is 82.5 Å². The fourth-order valence-corrected chi connectivity index (χ4v) is 9.10. The summed E-state index contributed by atoms with van der Waals surface area (Å²) in [5.41, 5.74) is 16.6. The minimum Gasteiger partial charge on any atom is -0.310 e. The van der Waals surface area contributed by atoms with Crippen LogP contribution in [-0.2, 0) is 0 Å². The molecule has 0 saturated heterocycles. The first kappa shape index (κ1) is 35.3. The lowest BCUT2D eigenvalue weighted by molar-refractivity contribution is 1.02. The van der Waals surface area contributed by atoms with Crippen LogP contribution in [-0.4, -0.2) is 13.7 Å². The van der Waals surface area contributed by atoms with E-state index in [4.69, 9.17) is 0 Å². The molecule has 58 heavy (non-hydrogen) atoms. The lowest BCUT2D eigenvalue weighted by Crippen LogP contribution is -1.96. The molecule has 0 N–H and O–H groups in total. The van der Waals surface area contributed by atoms with Crippen molar-refractivity contribution in [2.24, 2.45) is 0 Å². The van der Waals surface area contributed by atoms with Crippen LogP contribution in [0.1, 0.15) is 37.9 Å². The van der Waals surface area contributed by atoms with E-state index < -0.39 is 0 Å². The van der Waals surface area contributed by atoms with Crippen molar-refractivity contribution in [2.45, 2.75) is 33.6 Å². The standard InChI is InChI=1S/C55H45N3/c1-5-7-10-18-37(3)56-50(17-6-2)38(4)46-33-39(25-29-52(46)56)41-27-31-54-48(35-41)49-36-42(28-32-55(49)58(54)44-21-13-9-14-22-44)40-26-30-53-47(34-40)45-23-15-16-24-51(45)57(53)43-19-11-8-12-20-43/h5-7,9-11,13-36H,3,8,12H2,1-2,4H3/b7-5-,17-6-,18-10-. The first-order valence-electron chi connectivity index (χ1n) is 20.3. The number of hydrogen-bond acceptors (Lipinski definition) is 0. The molecule has 0 unspecified atom stereocenters. The summed E-state index contributed by atoms with van der Waals surface area (Å²) in [7, 11) is 0. The Hall–Kier alpha value is -7.10. The third-order valence-corrected chi connectivity index (χ3v) is 11.8. The van der Waals surface area contributed by atoms with Crippen molar-refractivity contribution in [3.63, 3.8) is 0 Å². The summed E-state index contributed by atoms with van der Waals surface area (Å²) >= 11 is 0. The van der Waals surface area contributed by atoms with Crippen LogP contribution in [0.5, 0.6) is 0 Å². The van der Waals surface area contributed by atoms with E-state index in [0.717, 1.165) is 35.4 Å². The van der Waals surface area contributed by atoms with Crippen LogP contribution >= 0.6 is 0 Å². The average molecular weight is 748 g/mol. The number of fused-ring (bicyclic) bond motifs is 7. The van der Waals surface area contributed by atoms with Gasteiger partial charge in [-0.3, -0.25) is 0 Å². The van der Waals surface area contributed by atoms with Gasteiger partial charge >= 0.3 is 0 Å². The van der Waals surface area contributed by atoms with Crippen molar-refractivity contribution in [2.75, 3.05) is 0 Å². The average Bonchev–Trinajstić information content (AvgIpc) is 3.88. The molecule has 0 atom stereocenters. The first-order valence-corrected chi connectivity index (χ1v) is 20.3. The number of aromatic nitrogens is 3. The summed E-state index contributed by atoms with van der Waals surface area (Å²) in [5, 5.41) is 6.25. The quantitative estimate of drug-likeness (QED) is 0.138. The predicted molar refractivity (Wildman–Crippen MR) is 252 cm³/mol. The Labute approximate surface area is 339 Å². The molecule has 9 aromatic rings. The number of hydrogen-bond donors (Lipinski definition) is 0. The zero-order valence-corrected chi connectivity index (χ0v) is 33.3. The normalized spacial score (nSPS) is 13.5. The molecular weight excluding hydrogens is 703 g/mol. The summed E-state index contributed by atoms with van der Waals surface area (Å²) in [6, 6.07) is 47.4. The minimum absolute atomic E-state index is 0.937. The number of aryl methyl sites for hydroxylation is 1. The molecule has 0 spiro atoms. The largest absolute Gasteiger partial charge is 0.310 e. The van der Waals surface area contributed by atoms with Gasteiger partial charge in [0.05, 0.1) is 27.6 Å². The molecule has 1 aliphatic rings. The molecule has 6 aromatic carbocycles. The van der Waals surface area contributed by atoms with E-state index in [2.05, 4.69) is 204 Å². The lowest BCUT2D eigenvalue weighted by Gasteiger charge is -2.12. The SMILES string of the molecule is C=C(/C=C\C=C/C)n1c(/C=C\C)c(C)c2cc(-c3ccc4c(c3)c3cc(-c5ccc6c(c5)c5ccccc5n6C5=CCCC=C5)ccc3n4-c3ccccc3)ccc21. The van der Waals surface area contributed by atoms with Crippen LogP contribution in [0.2, 0.25) is 0 Å². The van der Waals surface area contributed by atoms with Crippen LogP contribution in [0.4, 0.5) is 0 Å². The van der Waals surface area contributed by atoms with Gasteiger partial charge in [0.25, 0.3) is 0 Å². The number of para-hydroxylation sites is 2. The molecular formula is C55H45N3. The van der Waals surface area contributed by atoms with Gasteiger partial charge in [-0.15, -0.1) is 0 Å². The molecule has 0 fully saturated rings. The van der Waals surface area contributed by atoms with Crippen molar-refractivity contribution in [3.05, 3.63) is 194 Å². The highest BCUT2D eigenvalue weighted by molar-refractivity contribution is 6.14. The Bertz CT molecular complexity index is 3260. The summed E-state index contributed by atoms with van der Waals surface area (Å²) < 4.78 is 7.10. The van der Waals surface area contributed by atoms with Crippen molar-refractivity contribution in [1.29, 1.82) is 0 Å². The monoisotopic (exact) mass is 747 g/mol. The van der Waals surface area contributed by atoms with Crippen molar-refractivity contribution in [3.8, 4) is 27.9 Å². The smallest absolute Gasteiger partial charge is 0.0541 e. The van der Waals surface area contributed by atoms with Gasteiger partial charge in [-0.1, -0.05) is 104 Å². The highest BCUT2D eigenvalue weighted by Crippen LogP contribution is 2.41. The van der Waals surface area contributed by atoms with Gasteiger partial charge in [-0.2, -0.15) is 0 Å². The molecule has 3 aromatic heterocycles. The van der Waals surface area contributed by atoms with E-state index in [9.17, 15) is 0 Å². The second-order valence-corrected chi connectivity index (χ2v) is 15.3. The van der Waals surface area contributed by atoms with Gasteiger partial charge < -0.3 is 13.7 Å². The maximum absolute atomic E-state index is 4.45. The number of rotatable bonds is 8. The summed E-state index contributed by atoms with van der Waals surface area (Å²) in [6.07, 6.45) is 21.6.